The summed E-state index contributed by atoms with van der Waals surface area (Å²) in [4.78, 5) is 3.96. The molecule has 0 amide bonds. The third-order valence-electron chi connectivity index (χ3n) is 1.95. The van der Waals surface area contributed by atoms with Crippen molar-refractivity contribution in [1.29, 1.82) is 0 Å². The molecule has 2 rings (SSSR count). The quantitative estimate of drug-likeness (QED) is 0.888. The SMILES string of the molecule is Cc1nc(NS(=O)(=O)c2ccc(Cl)cc2)n[nH]1. The molecule has 0 bridgehead atoms. The number of halogens is 1. The summed E-state index contributed by atoms with van der Waals surface area (Å²) in [5, 5.41) is 6.70. The van der Waals surface area contributed by atoms with Gasteiger partial charge >= 0.3 is 0 Å². The molecule has 0 radical (unpaired) electrons. The number of anilines is 1. The van der Waals surface area contributed by atoms with Crippen LogP contribution in [0.3, 0.4) is 0 Å². The van der Waals surface area contributed by atoms with Gasteiger partial charge in [-0.15, -0.1) is 5.10 Å². The molecule has 0 aliphatic heterocycles. The molecule has 0 saturated carbocycles. The fraction of sp³-hybridized carbons (Fsp3) is 0.111. The highest BCUT2D eigenvalue weighted by Crippen LogP contribution is 2.16. The maximum Gasteiger partial charge on any atom is 0.264 e. The third kappa shape index (κ3) is 2.75. The molecule has 0 aliphatic carbocycles. The zero-order chi connectivity index (χ0) is 12.5. The van der Waals surface area contributed by atoms with Gasteiger partial charge in [0.15, 0.2) is 0 Å². The van der Waals surface area contributed by atoms with E-state index in [0.29, 0.717) is 10.8 Å². The first-order valence-electron chi connectivity index (χ1n) is 4.65. The van der Waals surface area contributed by atoms with E-state index in [1.807, 2.05) is 0 Å². The van der Waals surface area contributed by atoms with Gasteiger partial charge in [-0.3, -0.25) is 5.10 Å². The Bertz CT molecular complexity index is 621. The van der Waals surface area contributed by atoms with Crippen molar-refractivity contribution < 1.29 is 8.42 Å². The zero-order valence-corrected chi connectivity index (χ0v) is 10.4. The summed E-state index contributed by atoms with van der Waals surface area (Å²) in [5.41, 5.74) is 0. The fourth-order valence-corrected chi connectivity index (χ4v) is 2.25. The highest BCUT2D eigenvalue weighted by molar-refractivity contribution is 7.92. The van der Waals surface area contributed by atoms with Crippen molar-refractivity contribution in [1.82, 2.24) is 15.2 Å². The Hall–Kier alpha value is -1.60. The minimum absolute atomic E-state index is 0.0115. The monoisotopic (exact) mass is 272 g/mol. The maximum absolute atomic E-state index is 11.9. The molecule has 8 heteroatoms. The number of sulfonamides is 1. The third-order valence-corrected chi connectivity index (χ3v) is 3.54. The summed E-state index contributed by atoms with van der Waals surface area (Å²) in [7, 11) is -3.67. The van der Waals surface area contributed by atoms with Gasteiger partial charge in [0.1, 0.15) is 5.82 Å². The van der Waals surface area contributed by atoms with E-state index in [0.717, 1.165) is 0 Å². The van der Waals surface area contributed by atoms with Gasteiger partial charge in [0, 0.05) is 5.02 Å². The molecule has 0 atom stereocenters. The van der Waals surface area contributed by atoms with Crippen LogP contribution in [0.25, 0.3) is 0 Å². The van der Waals surface area contributed by atoms with Crippen molar-refractivity contribution in [2.45, 2.75) is 11.8 Å². The number of nitrogens with zero attached hydrogens (tertiary/aromatic N) is 2. The number of aromatic nitrogens is 3. The standard InChI is InChI=1S/C9H9ClN4O2S/c1-6-11-9(13-12-6)14-17(15,16)8-4-2-7(10)3-5-8/h2-5H,1H3,(H2,11,12,13,14). The predicted octanol–water partition coefficient (Wildman–Crippen LogP) is 1.57. The molecule has 0 aliphatic rings. The molecule has 0 fully saturated rings. The number of benzene rings is 1. The second-order valence-corrected chi connectivity index (χ2v) is 5.42. The summed E-state index contributed by atoms with van der Waals surface area (Å²) in [6, 6.07) is 5.81. The highest BCUT2D eigenvalue weighted by atomic mass is 35.5. The average Bonchev–Trinajstić information content (AvgIpc) is 2.63. The zero-order valence-electron chi connectivity index (χ0n) is 8.81. The normalized spacial score (nSPS) is 11.4. The molecule has 2 aromatic rings. The topological polar surface area (TPSA) is 87.7 Å². The second kappa shape index (κ2) is 4.34. The lowest BCUT2D eigenvalue weighted by molar-refractivity contribution is 0.601. The van der Waals surface area contributed by atoms with E-state index >= 15 is 0 Å². The first-order valence-corrected chi connectivity index (χ1v) is 6.51. The smallest absolute Gasteiger partial charge is 0.261 e. The van der Waals surface area contributed by atoms with E-state index in [4.69, 9.17) is 11.6 Å². The predicted molar refractivity (Wildman–Crippen MR) is 63.4 cm³/mol. The van der Waals surface area contributed by atoms with Crippen LogP contribution < -0.4 is 4.72 Å². The van der Waals surface area contributed by atoms with Gasteiger partial charge in [-0.05, 0) is 31.2 Å². The van der Waals surface area contributed by atoms with Crippen LogP contribution in [0.2, 0.25) is 5.02 Å². The molecule has 1 aromatic heterocycles. The number of hydrogen-bond donors (Lipinski definition) is 2. The minimum atomic E-state index is -3.67. The maximum atomic E-state index is 11.9. The Kier molecular flexibility index (Phi) is 3.03. The van der Waals surface area contributed by atoms with Crippen LogP contribution in [-0.4, -0.2) is 23.6 Å². The highest BCUT2D eigenvalue weighted by Gasteiger charge is 2.15. The van der Waals surface area contributed by atoms with E-state index < -0.39 is 10.0 Å². The van der Waals surface area contributed by atoms with Crippen molar-refractivity contribution in [3.05, 3.63) is 35.1 Å². The Morgan fingerprint density at radius 3 is 2.47 bits per heavy atom. The number of rotatable bonds is 3. The average molecular weight is 273 g/mol. The Labute approximate surface area is 103 Å². The van der Waals surface area contributed by atoms with Gasteiger partial charge in [-0.25, -0.2) is 13.1 Å². The molecular formula is C9H9ClN4O2S. The Morgan fingerprint density at radius 2 is 1.94 bits per heavy atom. The lowest BCUT2D eigenvalue weighted by Crippen LogP contribution is -2.13. The van der Waals surface area contributed by atoms with Crippen molar-refractivity contribution >= 4 is 27.6 Å². The van der Waals surface area contributed by atoms with Crippen LogP contribution in [0, 0.1) is 6.92 Å². The Balaban J connectivity index is 2.28. The first kappa shape index (κ1) is 11.9. The molecule has 1 heterocycles. The number of aryl methyl sites for hydroxylation is 1. The van der Waals surface area contributed by atoms with E-state index in [9.17, 15) is 8.42 Å². The van der Waals surface area contributed by atoms with E-state index in [1.165, 1.54) is 24.3 Å². The fourth-order valence-electron chi connectivity index (χ4n) is 1.18. The van der Waals surface area contributed by atoms with Crippen LogP contribution >= 0.6 is 11.6 Å². The summed E-state index contributed by atoms with van der Waals surface area (Å²) in [6.07, 6.45) is 0. The van der Waals surface area contributed by atoms with Crippen LogP contribution in [0.1, 0.15) is 5.82 Å². The van der Waals surface area contributed by atoms with Gasteiger partial charge in [-0.1, -0.05) is 11.6 Å². The number of aromatic amines is 1. The van der Waals surface area contributed by atoms with Gasteiger partial charge in [0.05, 0.1) is 4.90 Å². The minimum Gasteiger partial charge on any atom is -0.261 e. The van der Waals surface area contributed by atoms with E-state index in [1.54, 1.807) is 6.92 Å². The molecule has 90 valence electrons. The van der Waals surface area contributed by atoms with Gasteiger partial charge in [-0.2, -0.15) is 4.98 Å². The van der Waals surface area contributed by atoms with Crippen LogP contribution in [0.5, 0.6) is 0 Å². The van der Waals surface area contributed by atoms with E-state index in [2.05, 4.69) is 19.9 Å². The van der Waals surface area contributed by atoms with Gasteiger partial charge in [0.25, 0.3) is 16.0 Å². The summed E-state index contributed by atoms with van der Waals surface area (Å²) in [5.74, 6) is 0.538. The summed E-state index contributed by atoms with van der Waals surface area (Å²) in [6.45, 7) is 1.67. The van der Waals surface area contributed by atoms with Crippen LogP contribution in [0.15, 0.2) is 29.2 Å². The van der Waals surface area contributed by atoms with Crippen molar-refractivity contribution in [3.63, 3.8) is 0 Å². The largest absolute Gasteiger partial charge is 0.264 e. The molecule has 2 N–H and O–H groups in total. The van der Waals surface area contributed by atoms with E-state index in [-0.39, 0.29) is 10.8 Å². The summed E-state index contributed by atoms with van der Waals surface area (Å²) >= 11 is 5.68. The van der Waals surface area contributed by atoms with Crippen molar-refractivity contribution in [2.75, 3.05) is 4.72 Å². The van der Waals surface area contributed by atoms with Gasteiger partial charge in [0.2, 0.25) is 0 Å². The molecule has 0 spiro atoms. The molecular weight excluding hydrogens is 264 g/mol. The van der Waals surface area contributed by atoms with Gasteiger partial charge < -0.3 is 0 Å². The first-order chi connectivity index (χ1) is 7.97. The second-order valence-electron chi connectivity index (χ2n) is 3.30. The molecule has 0 unspecified atom stereocenters. The van der Waals surface area contributed by atoms with Crippen molar-refractivity contribution in [2.24, 2.45) is 0 Å². The number of H-pyrrole nitrogens is 1. The van der Waals surface area contributed by atoms with Crippen molar-refractivity contribution in [3.8, 4) is 0 Å². The molecule has 6 nitrogen and oxygen atoms in total. The van der Waals surface area contributed by atoms with Crippen LogP contribution in [-0.2, 0) is 10.0 Å². The molecule has 0 saturated heterocycles. The lowest BCUT2D eigenvalue weighted by atomic mass is 10.4. The number of nitrogens with one attached hydrogen (secondary N) is 2. The number of hydrogen-bond acceptors (Lipinski definition) is 4. The van der Waals surface area contributed by atoms with Crippen LogP contribution in [0.4, 0.5) is 5.95 Å². The molecule has 17 heavy (non-hydrogen) atoms. The Morgan fingerprint density at radius 1 is 1.29 bits per heavy atom. The molecule has 1 aromatic carbocycles. The lowest BCUT2D eigenvalue weighted by Gasteiger charge is -2.03. The summed E-state index contributed by atoms with van der Waals surface area (Å²) < 4.78 is 26.0.